The zero-order chi connectivity index (χ0) is 27.6. The quantitative estimate of drug-likeness (QED) is 0.0619. The van der Waals surface area contributed by atoms with E-state index in [0.29, 0.717) is 6.42 Å². The number of nitrogens with two attached hydrogens (primary N) is 1. The molecule has 14 nitrogen and oxygen atoms in total. The van der Waals surface area contributed by atoms with Crippen molar-refractivity contribution in [3.8, 4) is 0 Å². The van der Waals surface area contributed by atoms with Gasteiger partial charge in [0.25, 0.3) is 0 Å². The molecular formula is C22H42NO13P. The molecule has 0 bridgehead atoms. The van der Waals surface area contributed by atoms with E-state index in [4.69, 9.17) is 29.0 Å². The van der Waals surface area contributed by atoms with E-state index in [1.54, 1.807) is 0 Å². The summed E-state index contributed by atoms with van der Waals surface area (Å²) in [5, 5.41) is 59.8. The molecule has 2 fully saturated rings. The third-order valence-electron chi connectivity index (χ3n) is 6.33. The van der Waals surface area contributed by atoms with Crippen LogP contribution in [0.5, 0.6) is 0 Å². The Balaban J connectivity index is 1.87. The highest BCUT2D eigenvalue weighted by Crippen LogP contribution is 2.46. The number of rotatable bonds is 16. The predicted octanol–water partition coefficient (Wildman–Crippen LogP) is -1.37. The van der Waals surface area contributed by atoms with Crippen molar-refractivity contribution in [2.75, 3.05) is 19.8 Å². The molecule has 0 saturated carbocycles. The highest BCUT2D eigenvalue weighted by Gasteiger charge is 2.51. The second-order valence-corrected chi connectivity index (χ2v) is 10.6. The Morgan fingerprint density at radius 1 is 0.838 bits per heavy atom. The van der Waals surface area contributed by atoms with E-state index < -0.39 is 82.4 Å². The molecule has 0 spiro atoms. The van der Waals surface area contributed by atoms with Crippen LogP contribution in [-0.2, 0) is 27.8 Å². The van der Waals surface area contributed by atoms with Gasteiger partial charge in [-0.05, 0) is 19.3 Å². The van der Waals surface area contributed by atoms with E-state index in [-0.39, 0.29) is 6.61 Å². The summed E-state index contributed by atoms with van der Waals surface area (Å²) in [6, 6.07) is -1.45. The van der Waals surface area contributed by atoms with E-state index in [2.05, 4.69) is 6.58 Å². The Morgan fingerprint density at radius 3 is 2.05 bits per heavy atom. The number of aliphatic hydroxyl groups is 6. The third kappa shape index (κ3) is 9.55. The maximum atomic E-state index is 12.4. The average molecular weight is 560 g/mol. The van der Waals surface area contributed by atoms with E-state index in [1.165, 1.54) is 0 Å². The van der Waals surface area contributed by atoms with Crippen molar-refractivity contribution in [1.29, 1.82) is 0 Å². The van der Waals surface area contributed by atoms with Gasteiger partial charge in [0.2, 0.25) is 0 Å². The first kappa shape index (κ1) is 32.7. The molecule has 218 valence electrons. The summed E-state index contributed by atoms with van der Waals surface area (Å²) in [6.45, 7) is 2.18. The molecule has 2 rings (SSSR count). The van der Waals surface area contributed by atoms with Gasteiger partial charge in [-0.25, -0.2) is 4.57 Å². The first-order chi connectivity index (χ1) is 17.6. The van der Waals surface area contributed by atoms with Gasteiger partial charge in [-0.3, -0.25) is 9.05 Å². The standard InChI is InChI=1S/C22H42NO13P/c1-2-3-4-5-6-7-8-9-10-32-37(30,31)36-21-15(23)17(27)20(14(12-25)34-21)35-22-19(29)18(28)16(26)13(11-24)33-22/h2,13-22,24-29H,1,3-12,23H2,(H,30,31)/t13-,14-,15+,16+,17-,18+,19-,20-,21-,22+/m1/s1. The van der Waals surface area contributed by atoms with E-state index in [0.717, 1.165) is 38.5 Å². The molecule has 9 N–H and O–H groups in total. The van der Waals surface area contributed by atoms with Gasteiger partial charge in [-0.1, -0.05) is 31.8 Å². The van der Waals surface area contributed by atoms with Crippen molar-refractivity contribution in [2.45, 2.75) is 106 Å². The number of aliphatic hydroxyl groups excluding tert-OH is 6. The number of hydrogen-bond donors (Lipinski definition) is 8. The van der Waals surface area contributed by atoms with Crippen LogP contribution in [0.2, 0.25) is 0 Å². The Hall–Kier alpha value is -0.550. The highest BCUT2D eigenvalue weighted by molar-refractivity contribution is 7.47. The molecule has 0 aromatic carbocycles. The molecule has 0 amide bonds. The van der Waals surface area contributed by atoms with Crippen LogP contribution in [0.1, 0.15) is 44.9 Å². The van der Waals surface area contributed by atoms with Gasteiger partial charge >= 0.3 is 7.82 Å². The van der Waals surface area contributed by atoms with Crippen LogP contribution >= 0.6 is 7.82 Å². The fourth-order valence-corrected chi connectivity index (χ4v) is 5.00. The normalized spacial score (nSPS) is 38.3. The van der Waals surface area contributed by atoms with Gasteiger partial charge in [0.05, 0.1) is 25.9 Å². The summed E-state index contributed by atoms with van der Waals surface area (Å²) in [5.41, 5.74) is 5.94. The van der Waals surface area contributed by atoms with Crippen LogP contribution in [0.25, 0.3) is 0 Å². The lowest BCUT2D eigenvalue weighted by Crippen LogP contribution is -2.66. The highest BCUT2D eigenvalue weighted by atomic mass is 31.2. The number of ether oxygens (including phenoxy) is 3. The Bertz CT molecular complexity index is 714. The summed E-state index contributed by atoms with van der Waals surface area (Å²) in [5.74, 6) is 0. The van der Waals surface area contributed by atoms with Gasteiger partial charge in [0, 0.05) is 0 Å². The molecule has 0 aromatic heterocycles. The molecule has 15 heteroatoms. The molecule has 0 aliphatic carbocycles. The van der Waals surface area contributed by atoms with Crippen LogP contribution in [0.4, 0.5) is 0 Å². The predicted molar refractivity (Wildman–Crippen MR) is 128 cm³/mol. The van der Waals surface area contributed by atoms with E-state index in [9.17, 15) is 40.1 Å². The second kappa shape index (κ2) is 15.9. The molecule has 2 heterocycles. The van der Waals surface area contributed by atoms with E-state index >= 15 is 0 Å². The van der Waals surface area contributed by atoms with Gasteiger partial charge in [0.1, 0.15) is 42.7 Å². The molecule has 2 aliphatic rings. The zero-order valence-electron chi connectivity index (χ0n) is 20.7. The fourth-order valence-electron chi connectivity index (χ4n) is 4.12. The fraction of sp³-hybridized carbons (Fsp3) is 0.909. The van der Waals surface area contributed by atoms with E-state index in [1.807, 2.05) is 6.08 Å². The van der Waals surface area contributed by atoms with Crippen molar-refractivity contribution in [3.05, 3.63) is 12.7 Å². The largest absolute Gasteiger partial charge is 0.474 e. The first-order valence-corrected chi connectivity index (χ1v) is 14.0. The molecule has 0 aromatic rings. The summed E-state index contributed by atoms with van der Waals surface area (Å²) in [7, 11) is -4.63. The number of unbranched alkanes of at least 4 members (excludes halogenated alkanes) is 6. The van der Waals surface area contributed by atoms with Gasteiger partial charge in [-0.2, -0.15) is 0 Å². The van der Waals surface area contributed by atoms with Crippen LogP contribution in [0.3, 0.4) is 0 Å². The number of phosphoric acid groups is 1. The van der Waals surface area contributed by atoms with Crippen LogP contribution in [0.15, 0.2) is 12.7 Å². The minimum Gasteiger partial charge on any atom is -0.394 e. The molecule has 2 saturated heterocycles. The summed E-state index contributed by atoms with van der Waals surface area (Å²) in [4.78, 5) is 10.1. The maximum Gasteiger partial charge on any atom is 0.474 e. The second-order valence-electron chi connectivity index (χ2n) is 9.20. The molecular weight excluding hydrogens is 517 g/mol. The monoisotopic (exact) mass is 559 g/mol. The van der Waals surface area contributed by atoms with Crippen LogP contribution in [-0.4, -0.2) is 117 Å². The summed E-state index contributed by atoms with van der Waals surface area (Å²) < 4.78 is 38.6. The summed E-state index contributed by atoms with van der Waals surface area (Å²) in [6.07, 6.45) is -5.77. The minimum atomic E-state index is -4.63. The van der Waals surface area contributed by atoms with Crippen molar-refractivity contribution in [2.24, 2.45) is 5.73 Å². The number of phosphoric ester groups is 1. The lowest BCUT2D eigenvalue weighted by Gasteiger charge is -2.46. The van der Waals surface area contributed by atoms with Gasteiger partial charge in [-0.15, -0.1) is 6.58 Å². The lowest BCUT2D eigenvalue weighted by molar-refractivity contribution is -0.343. The van der Waals surface area contributed by atoms with Crippen molar-refractivity contribution in [3.63, 3.8) is 0 Å². The molecule has 2 aliphatic heterocycles. The lowest BCUT2D eigenvalue weighted by atomic mass is 9.96. The minimum absolute atomic E-state index is 0.0444. The van der Waals surface area contributed by atoms with Crippen molar-refractivity contribution < 1.29 is 63.4 Å². The Labute approximate surface area is 216 Å². The first-order valence-electron chi connectivity index (χ1n) is 12.5. The molecule has 37 heavy (non-hydrogen) atoms. The molecule has 1 unspecified atom stereocenters. The van der Waals surface area contributed by atoms with Crippen LogP contribution in [0, 0.1) is 0 Å². The van der Waals surface area contributed by atoms with Crippen molar-refractivity contribution in [1.82, 2.24) is 0 Å². The zero-order valence-corrected chi connectivity index (χ0v) is 21.6. The maximum absolute atomic E-state index is 12.4. The van der Waals surface area contributed by atoms with Crippen LogP contribution < -0.4 is 5.73 Å². The SMILES string of the molecule is C=CCCCCCCCCOP(=O)(O)O[C@H]1O[C@H](CO)[C@@H](O[C@@H]2O[C@H](CO)[C@H](O)[C@H](O)[C@H]2O)[C@H](O)[C@@H]1N. The molecule has 0 radical (unpaired) electrons. The Morgan fingerprint density at radius 2 is 1.43 bits per heavy atom. The topological polar surface area (TPSA) is 231 Å². The average Bonchev–Trinajstić information content (AvgIpc) is 2.87. The Kier molecular flexibility index (Phi) is 14.0. The van der Waals surface area contributed by atoms with Crippen molar-refractivity contribution >= 4 is 7.82 Å². The summed E-state index contributed by atoms with van der Waals surface area (Å²) >= 11 is 0. The van der Waals surface area contributed by atoms with Gasteiger partial charge < -0.3 is 55.5 Å². The number of hydrogen-bond acceptors (Lipinski definition) is 13. The third-order valence-corrected chi connectivity index (χ3v) is 7.32. The smallest absolute Gasteiger partial charge is 0.394 e. The molecule has 11 atom stereocenters. The number of allylic oxidation sites excluding steroid dienone is 1. The van der Waals surface area contributed by atoms with Gasteiger partial charge in [0.15, 0.2) is 12.6 Å².